The third-order valence-electron chi connectivity index (χ3n) is 3.36. The van der Waals surface area contributed by atoms with Crippen LogP contribution >= 0.6 is 0 Å². The van der Waals surface area contributed by atoms with Gasteiger partial charge < -0.3 is 9.47 Å². The number of Topliss-reactive ketones (excluding diaryl/α,β-unsaturated/α-hetero) is 1. The molecule has 1 aromatic rings. The maximum Gasteiger partial charge on any atom is 0.176 e. The van der Waals surface area contributed by atoms with Crippen molar-refractivity contribution >= 4 is 5.78 Å². The summed E-state index contributed by atoms with van der Waals surface area (Å²) in [6.07, 6.45) is 0.108. The number of hydrogen-bond donors (Lipinski definition) is 0. The van der Waals surface area contributed by atoms with E-state index in [2.05, 4.69) is 4.90 Å². The summed E-state index contributed by atoms with van der Waals surface area (Å²) in [5, 5.41) is 0. The second kappa shape index (κ2) is 6.09. The molecule has 0 amide bonds. The molecule has 1 aliphatic rings. The van der Waals surface area contributed by atoms with Crippen molar-refractivity contribution in [1.82, 2.24) is 4.90 Å². The molecule has 0 spiro atoms. The highest BCUT2D eigenvalue weighted by atomic mass is 16.5. The number of likely N-dealkylation sites (tertiary alicyclic amines) is 1. The van der Waals surface area contributed by atoms with Crippen LogP contribution in [-0.2, 0) is 9.47 Å². The predicted octanol–water partition coefficient (Wildman–Crippen LogP) is 1.21. The predicted molar refractivity (Wildman–Crippen MR) is 68.8 cm³/mol. The molecular formula is C14H19NO3. The summed E-state index contributed by atoms with van der Waals surface area (Å²) in [7, 11) is 3.36. The minimum atomic E-state index is 0.0542. The first-order valence-corrected chi connectivity index (χ1v) is 6.10. The Balaban J connectivity index is 1.93. The first-order valence-electron chi connectivity index (χ1n) is 6.10. The molecule has 0 aliphatic carbocycles. The summed E-state index contributed by atoms with van der Waals surface area (Å²) in [5.74, 6) is 0.141. The number of hydrogen-bond acceptors (Lipinski definition) is 4. The Bertz CT molecular complexity index is 381. The van der Waals surface area contributed by atoms with Gasteiger partial charge in [0.25, 0.3) is 0 Å². The zero-order valence-corrected chi connectivity index (χ0v) is 10.8. The minimum Gasteiger partial charge on any atom is -0.377 e. The van der Waals surface area contributed by atoms with Crippen molar-refractivity contribution in [1.29, 1.82) is 0 Å². The van der Waals surface area contributed by atoms with Crippen molar-refractivity contribution in [3.8, 4) is 0 Å². The second-order valence-corrected chi connectivity index (χ2v) is 4.53. The standard InChI is InChI=1S/C14H19NO3/c1-17-13-9-15(10-14(13)18-2)8-12(16)11-6-4-3-5-7-11/h3-7,13-14H,8-10H2,1-2H3. The molecule has 4 heteroatoms. The van der Waals surface area contributed by atoms with Crippen molar-refractivity contribution in [2.24, 2.45) is 0 Å². The van der Waals surface area contributed by atoms with E-state index in [1.54, 1.807) is 14.2 Å². The van der Waals surface area contributed by atoms with Gasteiger partial charge in [-0.2, -0.15) is 0 Å². The van der Waals surface area contributed by atoms with E-state index in [1.165, 1.54) is 0 Å². The molecule has 2 rings (SSSR count). The zero-order chi connectivity index (χ0) is 13.0. The van der Waals surface area contributed by atoms with Crippen molar-refractivity contribution in [3.05, 3.63) is 35.9 Å². The van der Waals surface area contributed by atoms with Gasteiger partial charge in [0, 0.05) is 32.9 Å². The van der Waals surface area contributed by atoms with Crippen LogP contribution in [0, 0.1) is 0 Å². The third-order valence-corrected chi connectivity index (χ3v) is 3.36. The smallest absolute Gasteiger partial charge is 0.176 e. The van der Waals surface area contributed by atoms with Gasteiger partial charge in [-0.1, -0.05) is 30.3 Å². The molecule has 2 atom stereocenters. The molecule has 0 bridgehead atoms. The topological polar surface area (TPSA) is 38.8 Å². The van der Waals surface area contributed by atoms with Crippen LogP contribution in [0.25, 0.3) is 0 Å². The number of benzene rings is 1. The number of carbonyl (C=O) groups is 1. The van der Waals surface area contributed by atoms with Gasteiger partial charge in [0.1, 0.15) is 0 Å². The average molecular weight is 249 g/mol. The molecule has 98 valence electrons. The Labute approximate surface area is 107 Å². The average Bonchev–Trinajstić information content (AvgIpc) is 2.81. The van der Waals surface area contributed by atoms with Gasteiger partial charge in [0.05, 0.1) is 18.8 Å². The lowest BCUT2D eigenvalue weighted by atomic mass is 10.1. The molecule has 18 heavy (non-hydrogen) atoms. The Morgan fingerprint density at radius 2 is 1.72 bits per heavy atom. The third kappa shape index (κ3) is 2.96. The van der Waals surface area contributed by atoms with Gasteiger partial charge in [-0.3, -0.25) is 9.69 Å². The van der Waals surface area contributed by atoms with Crippen LogP contribution in [0.15, 0.2) is 30.3 Å². The van der Waals surface area contributed by atoms with Gasteiger partial charge in [-0.25, -0.2) is 0 Å². The maximum atomic E-state index is 12.1. The molecule has 1 heterocycles. The van der Waals surface area contributed by atoms with Crippen molar-refractivity contribution in [2.75, 3.05) is 33.9 Å². The Kier molecular flexibility index (Phi) is 4.47. The van der Waals surface area contributed by atoms with Gasteiger partial charge in [0.15, 0.2) is 5.78 Å². The fourth-order valence-electron chi connectivity index (χ4n) is 2.32. The van der Waals surface area contributed by atoms with Gasteiger partial charge in [-0.15, -0.1) is 0 Å². The van der Waals surface area contributed by atoms with Crippen LogP contribution in [0.5, 0.6) is 0 Å². The maximum absolute atomic E-state index is 12.1. The molecule has 1 aliphatic heterocycles. The number of ketones is 1. The quantitative estimate of drug-likeness (QED) is 0.735. The summed E-state index contributed by atoms with van der Waals surface area (Å²) in [6, 6.07) is 9.37. The van der Waals surface area contributed by atoms with E-state index in [-0.39, 0.29) is 18.0 Å². The SMILES string of the molecule is COC1CN(CC(=O)c2ccccc2)CC1OC. The van der Waals surface area contributed by atoms with Crippen LogP contribution in [0.4, 0.5) is 0 Å². The summed E-state index contributed by atoms with van der Waals surface area (Å²) in [5.41, 5.74) is 0.757. The molecular weight excluding hydrogens is 230 g/mol. The highest BCUT2D eigenvalue weighted by molar-refractivity contribution is 5.97. The molecule has 0 saturated carbocycles. The van der Waals surface area contributed by atoms with E-state index in [1.807, 2.05) is 30.3 Å². The Morgan fingerprint density at radius 3 is 2.22 bits per heavy atom. The molecule has 0 radical (unpaired) electrons. The number of nitrogens with zero attached hydrogens (tertiary/aromatic N) is 1. The summed E-state index contributed by atoms with van der Waals surface area (Å²) >= 11 is 0. The Morgan fingerprint density at radius 1 is 1.17 bits per heavy atom. The van der Waals surface area contributed by atoms with E-state index in [0.29, 0.717) is 6.54 Å². The van der Waals surface area contributed by atoms with Crippen LogP contribution in [0.2, 0.25) is 0 Å². The molecule has 0 aromatic heterocycles. The zero-order valence-electron chi connectivity index (χ0n) is 10.8. The number of ether oxygens (including phenoxy) is 2. The Hall–Kier alpha value is -1.23. The highest BCUT2D eigenvalue weighted by Crippen LogP contribution is 2.16. The summed E-state index contributed by atoms with van der Waals surface area (Å²) in [6.45, 7) is 1.91. The largest absolute Gasteiger partial charge is 0.377 e. The number of carbonyl (C=O) groups excluding carboxylic acids is 1. The van der Waals surface area contributed by atoms with Crippen molar-refractivity contribution < 1.29 is 14.3 Å². The van der Waals surface area contributed by atoms with Gasteiger partial charge in [-0.05, 0) is 0 Å². The van der Waals surface area contributed by atoms with Crippen molar-refractivity contribution in [2.45, 2.75) is 12.2 Å². The number of rotatable bonds is 5. The lowest BCUT2D eigenvalue weighted by Gasteiger charge is -2.13. The van der Waals surface area contributed by atoms with E-state index >= 15 is 0 Å². The van der Waals surface area contributed by atoms with E-state index in [9.17, 15) is 4.79 Å². The highest BCUT2D eigenvalue weighted by Gasteiger charge is 2.33. The fourth-order valence-corrected chi connectivity index (χ4v) is 2.32. The van der Waals surface area contributed by atoms with E-state index < -0.39 is 0 Å². The van der Waals surface area contributed by atoms with Gasteiger partial charge in [0.2, 0.25) is 0 Å². The lowest BCUT2D eigenvalue weighted by Crippen LogP contribution is -2.29. The molecule has 4 nitrogen and oxygen atoms in total. The molecule has 0 N–H and O–H groups in total. The molecule has 1 saturated heterocycles. The first kappa shape index (κ1) is 13.2. The van der Waals surface area contributed by atoms with E-state index in [0.717, 1.165) is 18.7 Å². The normalized spacial score (nSPS) is 24.3. The molecule has 2 unspecified atom stereocenters. The first-order chi connectivity index (χ1) is 8.74. The van der Waals surface area contributed by atoms with Crippen LogP contribution < -0.4 is 0 Å². The van der Waals surface area contributed by atoms with Gasteiger partial charge >= 0.3 is 0 Å². The van der Waals surface area contributed by atoms with Crippen LogP contribution in [0.1, 0.15) is 10.4 Å². The van der Waals surface area contributed by atoms with Crippen molar-refractivity contribution in [3.63, 3.8) is 0 Å². The van der Waals surface area contributed by atoms with E-state index in [4.69, 9.17) is 9.47 Å². The molecule has 1 aromatic carbocycles. The fraction of sp³-hybridized carbons (Fsp3) is 0.500. The number of methoxy groups -OCH3 is 2. The van der Waals surface area contributed by atoms with Crippen LogP contribution in [0.3, 0.4) is 0 Å². The minimum absolute atomic E-state index is 0.0542. The summed E-state index contributed by atoms with van der Waals surface area (Å²) in [4.78, 5) is 14.1. The molecule has 1 fully saturated rings. The summed E-state index contributed by atoms with van der Waals surface area (Å²) < 4.78 is 10.7. The van der Waals surface area contributed by atoms with Crippen LogP contribution in [-0.4, -0.2) is 56.7 Å². The lowest BCUT2D eigenvalue weighted by molar-refractivity contribution is -0.00461. The monoisotopic (exact) mass is 249 g/mol. The second-order valence-electron chi connectivity index (χ2n) is 4.53.